The molecule has 148 valence electrons. The number of aliphatic imine (C=N–C) groups is 1. The van der Waals surface area contributed by atoms with Gasteiger partial charge < -0.3 is 10.1 Å². The van der Waals surface area contributed by atoms with E-state index in [0.29, 0.717) is 23.4 Å². The Balaban J connectivity index is 1.93. The highest BCUT2D eigenvalue weighted by Crippen LogP contribution is 2.25. The minimum absolute atomic E-state index is 0.0876. The molecule has 0 aliphatic carbocycles. The summed E-state index contributed by atoms with van der Waals surface area (Å²) < 4.78 is 32.3. The molecule has 7 nitrogen and oxygen atoms in total. The van der Waals surface area contributed by atoms with Gasteiger partial charge in [-0.2, -0.15) is 0 Å². The predicted octanol–water partition coefficient (Wildman–Crippen LogP) is 2.79. The summed E-state index contributed by atoms with van der Waals surface area (Å²) >= 11 is 0. The third-order valence-electron chi connectivity index (χ3n) is 4.72. The van der Waals surface area contributed by atoms with Crippen LogP contribution in [0.15, 0.2) is 58.4 Å². The molecule has 0 fully saturated rings. The predicted molar refractivity (Wildman–Crippen MR) is 108 cm³/mol. The van der Waals surface area contributed by atoms with E-state index in [2.05, 4.69) is 15.0 Å². The molecule has 0 saturated carbocycles. The van der Waals surface area contributed by atoms with Crippen LogP contribution in [0.2, 0.25) is 0 Å². The molecule has 2 N–H and O–H groups in total. The molecule has 0 spiro atoms. The standard InChI is InChI=1S/C20H23N3O4S/c1-4-13(2)18(20(24)21-14-8-7-9-15(12-14)27-3)22-19-16-10-5-6-11-17(16)28(25,26)23-19/h5-13,18H,4H2,1-3H3,(H,21,24)(H,22,23)/t13-,18-/m0/s1. The number of carbonyl (C=O) groups excluding carboxylic acids is 1. The summed E-state index contributed by atoms with van der Waals surface area (Å²) in [5, 5.41) is 2.85. The third-order valence-corrected chi connectivity index (χ3v) is 6.12. The van der Waals surface area contributed by atoms with Crippen LogP contribution < -0.4 is 14.8 Å². The highest BCUT2D eigenvalue weighted by atomic mass is 32.2. The number of nitrogens with one attached hydrogen (secondary N) is 2. The van der Waals surface area contributed by atoms with E-state index in [1.807, 2.05) is 13.8 Å². The molecule has 0 aromatic heterocycles. The quantitative estimate of drug-likeness (QED) is 0.778. The molecule has 8 heteroatoms. The Morgan fingerprint density at radius 2 is 1.96 bits per heavy atom. The van der Waals surface area contributed by atoms with E-state index < -0.39 is 16.1 Å². The lowest BCUT2D eigenvalue weighted by Gasteiger charge is -2.19. The van der Waals surface area contributed by atoms with E-state index >= 15 is 0 Å². The number of nitrogens with zero attached hydrogens (tertiary/aromatic N) is 1. The maximum atomic E-state index is 12.9. The molecule has 3 rings (SSSR count). The van der Waals surface area contributed by atoms with Crippen LogP contribution >= 0.6 is 0 Å². The number of hydrogen-bond acceptors (Lipinski definition) is 5. The van der Waals surface area contributed by atoms with Gasteiger partial charge in [-0.25, -0.2) is 8.42 Å². The van der Waals surface area contributed by atoms with E-state index in [0.717, 1.165) is 0 Å². The number of anilines is 1. The molecule has 2 aromatic carbocycles. The fraction of sp³-hybridized carbons (Fsp3) is 0.300. The van der Waals surface area contributed by atoms with Crippen molar-refractivity contribution in [1.29, 1.82) is 0 Å². The second-order valence-electron chi connectivity index (χ2n) is 6.63. The van der Waals surface area contributed by atoms with Gasteiger partial charge in [0.25, 0.3) is 10.0 Å². The number of ether oxygens (including phenoxy) is 1. The van der Waals surface area contributed by atoms with Gasteiger partial charge >= 0.3 is 0 Å². The molecule has 28 heavy (non-hydrogen) atoms. The number of carbonyl (C=O) groups is 1. The molecule has 1 aliphatic heterocycles. The number of rotatable bonds is 6. The second kappa shape index (κ2) is 8.02. The van der Waals surface area contributed by atoms with Crippen LogP contribution in [0.4, 0.5) is 5.69 Å². The zero-order valence-corrected chi connectivity index (χ0v) is 16.8. The van der Waals surface area contributed by atoms with E-state index in [9.17, 15) is 13.2 Å². The third kappa shape index (κ3) is 4.01. The van der Waals surface area contributed by atoms with Crippen LogP contribution in [-0.2, 0) is 14.8 Å². The average molecular weight is 401 g/mol. The average Bonchev–Trinajstić information content (AvgIpc) is 2.96. The maximum Gasteiger partial charge on any atom is 0.263 e. The van der Waals surface area contributed by atoms with E-state index in [1.54, 1.807) is 49.6 Å². The summed E-state index contributed by atoms with van der Waals surface area (Å²) in [7, 11) is -2.10. The van der Waals surface area contributed by atoms with Crippen LogP contribution in [0.1, 0.15) is 25.8 Å². The van der Waals surface area contributed by atoms with Crippen molar-refractivity contribution >= 4 is 27.5 Å². The largest absolute Gasteiger partial charge is 0.497 e. The van der Waals surface area contributed by atoms with Crippen molar-refractivity contribution in [2.45, 2.75) is 31.2 Å². The Hall–Kier alpha value is -2.87. The summed E-state index contributed by atoms with van der Waals surface area (Å²) in [6.45, 7) is 3.87. The molecular weight excluding hydrogens is 378 g/mol. The van der Waals surface area contributed by atoms with Gasteiger partial charge in [-0.1, -0.05) is 38.5 Å². The summed E-state index contributed by atoms with van der Waals surface area (Å²) in [5.74, 6) is 0.428. The molecule has 2 atom stereocenters. The van der Waals surface area contributed by atoms with Gasteiger partial charge in [0.05, 0.1) is 12.0 Å². The molecule has 2 aromatic rings. The van der Waals surface area contributed by atoms with Crippen LogP contribution in [0.5, 0.6) is 5.75 Å². The van der Waals surface area contributed by atoms with Crippen LogP contribution in [0.25, 0.3) is 0 Å². The molecule has 1 aliphatic rings. The van der Waals surface area contributed by atoms with Gasteiger partial charge in [-0.3, -0.25) is 14.5 Å². The Morgan fingerprint density at radius 1 is 1.21 bits per heavy atom. The Bertz CT molecular complexity index is 1020. The fourth-order valence-corrected chi connectivity index (χ4v) is 4.19. The number of hydrogen-bond donors (Lipinski definition) is 2. The van der Waals surface area contributed by atoms with Crippen molar-refractivity contribution in [2.75, 3.05) is 12.4 Å². The first-order chi connectivity index (χ1) is 13.4. The zero-order chi connectivity index (χ0) is 20.3. The van der Waals surface area contributed by atoms with Crippen molar-refractivity contribution in [3.63, 3.8) is 0 Å². The first kappa shape index (κ1) is 19.9. The lowest BCUT2D eigenvalue weighted by atomic mass is 9.98. The maximum absolute atomic E-state index is 12.9. The molecule has 1 amide bonds. The topological polar surface area (TPSA) is 96.9 Å². The second-order valence-corrected chi connectivity index (χ2v) is 8.28. The monoisotopic (exact) mass is 401 g/mol. The van der Waals surface area contributed by atoms with Crippen LogP contribution in [-0.4, -0.2) is 33.3 Å². The van der Waals surface area contributed by atoms with E-state index in [-0.39, 0.29) is 22.6 Å². The molecule has 0 radical (unpaired) electrons. The van der Waals surface area contributed by atoms with Crippen molar-refractivity contribution in [2.24, 2.45) is 10.9 Å². The minimum Gasteiger partial charge on any atom is -0.497 e. The molecule has 1 heterocycles. The van der Waals surface area contributed by atoms with Gasteiger partial charge in [0.1, 0.15) is 17.6 Å². The Labute approximate surface area is 164 Å². The fourth-order valence-electron chi connectivity index (χ4n) is 2.95. The number of methoxy groups -OCH3 is 1. The van der Waals surface area contributed by atoms with Crippen molar-refractivity contribution < 1.29 is 17.9 Å². The molecule has 0 saturated heterocycles. The number of fused-ring (bicyclic) bond motifs is 1. The Kier molecular flexibility index (Phi) is 5.69. The summed E-state index contributed by atoms with van der Waals surface area (Å²) in [6, 6.07) is 12.9. The van der Waals surface area contributed by atoms with Crippen molar-refractivity contribution in [3.05, 3.63) is 54.1 Å². The highest BCUT2D eigenvalue weighted by Gasteiger charge is 2.33. The molecule has 0 unspecified atom stereocenters. The summed E-state index contributed by atoms with van der Waals surface area (Å²) in [5.41, 5.74) is 1.07. The van der Waals surface area contributed by atoms with Gasteiger partial charge in [0, 0.05) is 17.3 Å². The minimum atomic E-state index is -3.66. The summed E-state index contributed by atoms with van der Waals surface area (Å²) in [4.78, 5) is 17.6. The highest BCUT2D eigenvalue weighted by molar-refractivity contribution is 7.90. The van der Waals surface area contributed by atoms with Gasteiger partial charge in [0.15, 0.2) is 0 Å². The van der Waals surface area contributed by atoms with Crippen molar-refractivity contribution in [1.82, 2.24) is 4.72 Å². The lowest BCUT2D eigenvalue weighted by molar-refractivity contribution is -0.118. The molecular formula is C20H23N3O4S. The van der Waals surface area contributed by atoms with Crippen molar-refractivity contribution in [3.8, 4) is 5.75 Å². The first-order valence-electron chi connectivity index (χ1n) is 9.00. The SMILES string of the molecule is CC[C@H](C)[C@H](N=C1NS(=O)(=O)c2ccccc21)C(=O)Nc1cccc(OC)c1. The van der Waals surface area contributed by atoms with Gasteiger partial charge in [0.2, 0.25) is 5.91 Å². The molecule has 0 bridgehead atoms. The smallest absolute Gasteiger partial charge is 0.263 e. The van der Waals surface area contributed by atoms with Gasteiger partial charge in [-0.05, 0) is 30.2 Å². The van der Waals surface area contributed by atoms with Gasteiger partial charge in [-0.15, -0.1) is 0 Å². The van der Waals surface area contributed by atoms with Crippen LogP contribution in [0.3, 0.4) is 0 Å². The number of benzene rings is 2. The number of amides is 1. The van der Waals surface area contributed by atoms with Crippen LogP contribution in [0, 0.1) is 5.92 Å². The summed E-state index contributed by atoms with van der Waals surface area (Å²) in [6.07, 6.45) is 0.710. The number of sulfonamides is 1. The Morgan fingerprint density at radius 3 is 2.68 bits per heavy atom. The number of amidine groups is 1. The zero-order valence-electron chi connectivity index (χ0n) is 16.0. The normalized spacial score (nSPS) is 18.0. The lowest BCUT2D eigenvalue weighted by Crippen LogP contribution is -2.34. The first-order valence-corrected chi connectivity index (χ1v) is 10.5. The van der Waals surface area contributed by atoms with E-state index in [1.165, 1.54) is 6.07 Å². The van der Waals surface area contributed by atoms with E-state index in [4.69, 9.17) is 4.74 Å².